The molecule has 11 heteroatoms. The summed E-state index contributed by atoms with van der Waals surface area (Å²) in [5.41, 5.74) is 1.23. The number of quaternary nitrogens is 1. The Hall–Kier alpha value is -2.76. The Morgan fingerprint density at radius 3 is 2.52 bits per heavy atom. The van der Waals surface area contributed by atoms with Crippen LogP contribution in [-0.2, 0) is 19.1 Å². The van der Waals surface area contributed by atoms with Crippen molar-refractivity contribution < 1.29 is 32.9 Å². The molecule has 0 radical (unpaired) electrons. The van der Waals surface area contributed by atoms with Crippen LogP contribution in [0.5, 0.6) is 0 Å². The SMILES string of the molecule is COC(=O)c1scc(C)c1NC(=O)C[N+]1(CC(=O)Nc2ccon2)CCOCC1. The maximum absolute atomic E-state index is 12.8. The van der Waals surface area contributed by atoms with Gasteiger partial charge in [-0.25, -0.2) is 4.79 Å². The number of carbonyl (C=O) groups excluding carboxylic acids is 3. The zero-order valence-corrected chi connectivity index (χ0v) is 17.0. The summed E-state index contributed by atoms with van der Waals surface area (Å²) in [5.74, 6) is -0.730. The van der Waals surface area contributed by atoms with Crippen LogP contribution in [-0.4, -0.2) is 73.9 Å². The maximum atomic E-state index is 12.8. The Labute approximate surface area is 171 Å². The molecule has 1 aliphatic heterocycles. The van der Waals surface area contributed by atoms with Crippen molar-refractivity contribution in [1.82, 2.24) is 5.16 Å². The molecule has 0 atom stereocenters. The first kappa shape index (κ1) is 21.0. The largest absolute Gasteiger partial charge is 0.465 e. The van der Waals surface area contributed by atoms with Gasteiger partial charge in [0.05, 0.1) is 26.0 Å². The first-order valence-electron chi connectivity index (χ1n) is 9.02. The first-order valence-corrected chi connectivity index (χ1v) is 9.90. The Morgan fingerprint density at radius 1 is 1.21 bits per heavy atom. The van der Waals surface area contributed by atoms with Crippen molar-refractivity contribution in [1.29, 1.82) is 0 Å². The number of aromatic nitrogens is 1. The molecule has 29 heavy (non-hydrogen) atoms. The van der Waals surface area contributed by atoms with Crippen molar-refractivity contribution in [2.24, 2.45) is 0 Å². The number of methoxy groups -OCH3 is 1. The number of morpholine rings is 1. The van der Waals surface area contributed by atoms with E-state index in [9.17, 15) is 14.4 Å². The third-order valence-electron chi connectivity index (χ3n) is 4.69. The molecule has 0 bridgehead atoms. The average molecular weight is 423 g/mol. The number of anilines is 2. The molecule has 0 aromatic carbocycles. The lowest BCUT2D eigenvalue weighted by atomic mass is 10.2. The second kappa shape index (κ2) is 9.16. The molecule has 2 amide bonds. The van der Waals surface area contributed by atoms with Crippen LogP contribution in [0, 0.1) is 6.92 Å². The summed E-state index contributed by atoms with van der Waals surface area (Å²) in [5, 5.41) is 10.9. The van der Waals surface area contributed by atoms with E-state index in [0.717, 1.165) is 5.56 Å². The van der Waals surface area contributed by atoms with Gasteiger partial charge in [-0.1, -0.05) is 5.16 Å². The second-order valence-corrected chi connectivity index (χ2v) is 7.69. The highest BCUT2D eigenvalue weighted by atomic mass is 32.1. The summed E-state index contributed by atoms with van der Waals surface area (Å²) in [7, 11) is 1.30. The van der Waals surface area contributed by atoms with E-state index >= 15 is 0 Å². The van der Waals surface area contributed by atoms with E-state index in [1.54, 1.807) is 11.4 Å². The smallest absolute Gasteiger partial charge is 0.350 e. The van der Waals surface area contributed by atoms with Crippen molar-refractivity contribution in [3.63, 3.8) is 0 Å². The van der Waals surface area contributed by atoms with Gasteiger partial charge in [0, 0.05) is 6.07 Å². The molecule has 0 saturated carbocycles. The third-order valence-corrected chi connectivity index (χ3v) is 5.77. The normalized spacial score (nSPS) is 15.5. The minimum absolute atomic E-state index is 0.0749. The van der Waals surface area contributed by atoms with E-state index in [1.807, 2.05) is 6.92 Å². The number of nitrogens with one attached hydrogen (secondary N) is 2. The molecule has 2 aromatic rings. The second-order valence-electron chi connectivity index (χ2n) is 6.81. The minimum atomic E-state index is -0.499. The van der Waals surface area contributed by atoms with Crippen LogP contribution in [0.25, 0.3) is 0 Å². The lowest BCUT2D eigenvalue weighted by molar-refractivity contribution is -0.920. The van der Waals surface area contributed by atoms with E-state index in [4.69, 9.17) is 14.0 Å². The van der Waals surface area contributed by atoms with Crippen molar-refractivity contribution in [2.45, 2.75) is 6.92 Å². The summed E-state index contributed by atoms with van der Waals surface area (Å²) in [6.45, 7) is 3.92. The Bertz CT molecular complexity index is 873. The summed E-state index contributed by atoms with van der Waals surface area (Å²) >= 11 is 1.21. The molecule has 3 heterocycles. The lowest BCUT2D eigenvalue weighted by Crippen LogP contribution is -2.60. The molecule has 10 nitrogen and oxygen atoms in total. The molecule has 0 spiro atoms. The van der Waals surface area contributed by atoms with Crippen LogP contribution in [0.2, 0.25) is 0 Å². The zero-order valence-electron chi connectivity index (χ0n) is 16.2. The molecule has 1 aliphatic rings. The molecule has 156 valence electrons. The van der Waals surface area contributed by atoms with Crippen molar-refractivity contribution in [3.05, 3.63) is 28.2 Å². The molecule has 1 saturated heterocycles. The number of nitrogens with zero attached hydrogens (tertiary/aromatic N) is 2. The fraction of sp³-hybridized carbons (Fsp3) is 0.444. The van der Waals surface area contributed by atoms with Crippen LogP contribution < -0.4 is 10.6 Å². The number of esters is 1. The van der Waals surface area contributed by atoms with Crippen LogP contribution in [0.3, 0.4) is 0 Å². The van der Waals surface area contributed by atoms with Gasteiger partial charge in [-0.05, 0) is 17.9 Å². The molecular formula is C18H23N4O6S+. The highest BCUT2D eigenvalue weighted by Crippen LogP contribution is 2.28. The molecule has 0 unspecified atom stereocenters. The van der Waals surface area contributed by atoms with Gasteiger partial charge in [0.15, 0.2) is 18.9 Å². The topological polar surface area (TPSA) is 120 Å². The zero-order chi connectivity index (χ0) is 20.9. The number of carbonyl (C=O) groups is 3. The van der Waals surface area contributed by atoms with Crippen LogP contribution in [0.1, 0.15) is 15.2 Å². The van der Waals surface area contributed by atoms with E-state index in [-0.39, 0.29) is 29.4 Å². The molecule has 1 fully saturated rings. The summed E-state index contributed by atoms with van der Waals surface area (Å²) in [6.07, 6.45) is 1.37. The van der Waals surface area contributed by atoms with E-state index in [0.29, 0.717) is 42.7 Å². The molecule has 3 rings (SSSR count). The van der Waals surface area contributed by atoms with Gasteiger partial charge < -0.3 is 29.1 Å². The van der Waals surface area contributed by atoms with Gasteiger partial charge in [0.1, 0.15) is 24.2 Å². The molecule has 0 aliphatic carbocycles. The van der Waals surface area contributed by atoms with E-state index in [2.05, 4.69) is 15.8 Å². The number of thiophene rings is 1. The highest BCUT2D eigenvalue weighted by Gasteiger charge is 2.36. The Balaban J connectivity index is 1.70. The first-order chi connectivity index (χ1) is 13.9. The van der Waals surface area contributed by atoms with Crippen molar-refractivity contribution in [2.75, 3.05) is 57.1 Å². The number of ether oxygens (including phenoxy) is 2. The summed E-state index contributed by atoms with van der Waals surface area (Å²) < 4.78 is 15.2. The minimum Gasteiger partial charge on any atom is -0.465 e. The van der Waals surface area contributed by atoms with Crippen LogP contribution >= 0.6 is 11.3 Å². The van der Waals surface area contributed by atoms with Crippen molar-refractivity contribution >= 4 is 40.6 Å². The fourth-order valence-corrected chi connectivity index (χ4v) is 4.11. The van der Waals surface area contributed by atoms with E-state index < -0.39 is 5.97 Å². The summed E-state index contributed by atoms with van der Waals surface area (Å²) in [6, 6.07) is 1.54. The average Bonchev–Trinajstić information content (AvgIpc) is 3.32. The third kappa shape index (κ3) is 5.19. The van der Waals surface area contributed by atoms with E-state index in [1.165, 1.54) is 24.7 Å². The summed E-state index contributed by atoms with van der Waals surface area (Å²) in [4.78, 5) is 37.6. The van der Waals surface area contributed by atoms with Gasteiger partial charge in [0.2, 0.25) is 0 Å². The molecule has 2 N–H and O–H groups in total. The standard InChI is InChI=1S/C18H22N4O6S/c1-12-11-29-17(18(25)26-2)16(12)20-15(24)10-22(4-7-27-8-5-22)9-14(23)19-13-3-6-28-21-13/h3,6,11H,4-5,7-10H2,1-2H3,(H-,19,20,21,23,24,25)/p+1. The van der Waals surface area contributed by atoms with Crippen molar-refractivity contribution in [3.8, 4) is 0 Å². The highest BCUT2D eigenvalue weighted by molar-refractivity contribution is 7.12. The number of hydrogen-bond acceptors (Lipinski definition) is 8. The number of aryl methyl sites for hydroxylation is 1. The Kier molecular flexibility index (Phi) is 6.62. The fourth-order valence-electron chi connectivity index (χ4n) is 3.19. The van der Waals surface area contributed by atoms with Crippen LogP contribution in [0.15, 0.2) is 22.2 Å². The predicted octanol–water partition coefficient (Wildman–Crippen LogP) is 1.26. The lowest BCUT2D eigenvalue weighted by Gasteiger charge is -2.39. The van der Waals surface area contributed by atoms with Gasteiger partial charge in [-0.2, -0.15) is 0 Å². The van der Waals surface area contributed by atoms with Gasteiger partial charge in [0.25, 0.3) is 11.8 Å². The monoisotopic (exact) mass is 423 g/mol. The van der Waals surface area contributed by atoms with Gasteiger partial charge in [-0.15, -0.1) is 11.3 Å². The quantitative estimate of drug-likeness (QED) is 0.508. The van der Waals surface area contributed by atoms with Crippen LogP contribution in [0.4, 0.5) is 11.5 Å². The van der Waals surface area contributed by atoms with Gasteiger partial charge >= 0.3 is 5.97 Å². The molecular weight excluding hydrogens is 400 g/mol. The predicted molar refractivity (Wildman–Crippen MR) is 105 cm³/mol. The van der Waals surface area contributed by atoms with Gasteiger partial charge in [-0.3, -0.25) is 9.59 Å². The number of hydrogen-bond donors (Lipinski definition) is 2. The molecule has 2 aromatic heterocycles. The number of amides is 2. The number of rotatable bonds is 7. The Morgan fingerprint density at radius 2 is 1.90 bits per heavy atom. The maximum Gasteiger partial charge on any atom is 0.350 e.